The molecule has 7 nitrogen and oxygen atoms in total. The van der Waals surface area contributed by atoms with Gasteiger partial charge in [0.05, 0.1) is 12.8 Å². The first-order valence-electron chi connectivity index (χ1n) is 11.9. The van der Waals surface area contributed by atoms with Gasteiger partial charge < -0.3 is 19.7 Å². The Labute approximate surface area is 226 Å². The van der Waals surface area contributed by atoms with Gasteiger partial charge in [-0.2, -0.15) is 0 Å². The van der Waals surface area contributed by atoms with E-state index in [1.807, 2.05) is 32.0 Å². The van der Waals surface area contributed by atoms with Crippen molar-refractivity contribution in [3.05, 3.63) is 105 Å². The van der Waals surface area contributed by atoms with Gasteiger partial charge in [-0.25, -0.2) is 4.79 Å². The van der Waals surface area contributed by atoms with Crippen molar-refractivity contribution in [3.8, 4) is 5.75 Å². The number of nitrogens with zero attached hydrogens (tertiary/aromatic N) is 1. The van der Waals surface area contributed by atoms with Gasteiger partial charge in [0.15, 0.2) is 6.61 Å². The van der Waals surface area contributed by atoms with E-state index in [1.54, 1.807) is 66.4 Å². The third-order valence-corrected chi connectivity index (χ3v) is 6.43. The van der Waals surface area contributed by atoms with Gasteiger partial charge in [-0.05, 0) is 86.0 Å². The lowest BCUT2D eigenvalue weighted by molar-refractivity contribution is -0.137. The Hall–Kier alpha value is -4.36. The molecule has 1 heterocycles. The topological polar surface area (TPSA) is 84.9 Å². The molecular formula is C30H27ClN2O5. The number of Topliss-reactive ketones (excluding diaryl/α,β-unsaturated/α-hetero) is 1. The lowest BCUT2D eigenvalue weighted by Gasteiger charge is -2.22. The minimum Gasteiger partial charge on any atom is -0.484 e. The Morgan fingerprint density at radius 2 is 1.71 bits per heavy atom. The Kier molecular flexibility index (Phi) is 7.98. The summed E-state index contributed by atoms with van der Waals surface area (Å²) >= 11 is 5.94. The van der Waals surface area contributed by atoms with Crippen LogP contribution >= 0.6 is 11.6 Å². The summed E-state index contributed by atoms with van der Waals surface area (Å²) in [5.74, 6) is -0.923. The minimum absolute atomic E-state index is 0.00245. The molecule has 0 atom stereocenters. The quantitative estimate of drug-likeness (QED) is 0.234. The van der Waals surface area contributed by atoms with Crippen LogP contribution in [0.5, 0.6) is 5.75 Å². The van der Waals surface area contributed by atoms with Gasteiger partial charge in [-0.3, -0.25) is 9.59 Å². The van der Waals surface area contributed by atoms with Crippen LogP contribution in [0.4, 0.5) is 11.4 Å². The number of ketones is 1. The molecule has 4 rings (SSSR count). The van der Waals surface area contributed by atoms with E-state index in [2.05, 4.69) is 5.32 Å². The average Bonchev–Trinajstić information content (AvgIpc) is 3.13. The fourth-order valence-corrected chi connectivity index (χ4v) is 4.28. The van der Waals surface area contributed by atoms with Crippen LogP contribution in [0.25, 0.3) is 6.08 Å². The zero-order valence-corrected chi connectivity index (χ0v) is 22.3. The fraction of sp³-hybridized carbons (Fsp3) is 0.167. The van der Waals surface area contributed by atoms with Crippen molar-refractivity contribution in [2.75, 3.05) is 23.9 Å². The lowest BCUT2D eigenvalue weighted by atomic mass is 10.1. The van der Waals surface area contributed by atoms with E-state index in [0.29, 0.717) is 27.9 Å². The van der Waals surface area contributed by atoms with Crippen LogP contribution in [-0.2, 0) is 19.1 Å². The van der Waals surface area contributed by atoms with E-state index in [4.69, 9.17) is 21.1 Å². The molecule has 0 spiro atoms. The fourth-order valence-electron chi connectivity index (χ4n) is 4.09. The molecule has 0 unspecified atom stereocenters. The van der Waals surface area contributed by atoms with Crippen LogP contribution in [0.3, 0.4) is 0 Å². The molecule has 1 aliphatic heterocycles. The molecule has 1 amide bonds. The summed E-state index contributed by atoms with van der Waals surface area (Å²) in [6.07, 6.45) is 1.71. The minimum atomic E-state index is -0.676. The zero-order valence-electron chi connectivity index (χ0n) is 21.5. The van der Waals surface area contributed by atoms with Crippen molar-refractivity contribution in [3.63, 3.8) is 0 Å². The molecule has 1 aliphatic rings. The largest absolute Gasteiger partial charge is 0.484 e. The molecule has 3 aromatic rings. The number of esters is 1. The highest BCUT2D eigenvalue weighted by Gasteiger charge is 2.38. The van der Waals surface area contributed by atoms with Crippen LogP contribution in [0.2, 0.25) is 5.02 Å². The van der Waals surface area contributed by atoms with E-state index in [9.17, 15) is 14.4 Å². The number of hydrogen-bond acceptors (Lipinski definition) is 6. The van der Waals surface area contributed by atoms with Gasteiger partial charge >= 0.3 is 5.97 Å². The van der Waals surface area contributed by atoms with Gasteiger partial charge in [0.25, 0.3) is 5.91 Å². The number of carbonyl (C=O) groups is 3. The van der Waals surface area contributed by atoms with Gasteiger partial charge in [0.2, 0.25) is 5.78 Å². The van der Waals surface area contributed by atoms with Crippen molar-refractivity contribution in [1.29, 1.82) is 0 Å². The molecule has 0 aromatic heterocycles. The predicted molar refractivity (Wildman–Crippen MR) is 148 cm³/mol. The molecule has 1 N–H and O–H groups in total. The Balaban J connectivity index is 1.54. The molecule has 38 heavy (non-hydrogen) atoms. The van der Waals surface area contributed by atoms with E-state index in [0.717, 1.165) is 22.4 Å². The van der Waals surface area contributed by atoms with Gasteiger partial charge in [-0.15, -0.1) is 0 Å². The summed E-state index contributed by atoms with van der Waals surface area (Å²) < 4.78 is 10.5. The molecule has 0 radical (unpaired) electrons. The van der Waals surface area contributed by atoms with Crippen molar-refractivity contribution >= 4 is 46.7 Å². The molecule has 0 bridgehead atoms. The summed E-state index contributed by atoms with van der Waals surface area (Å²) in [6, 6.07) is 19.7. The number of anilines is 2. The Morgan fingerprint density at radius 1 is 0.974 bits per heavy atom. The number of aryl methyl sites for hydroxylation is 2. The first kappa shape index (κ1) is 26.7. The molecule has 0 saturated carbocycles. The highest BCUT2D eigenvalue weighted by molar-refractivity contribution is 6.31. The monoisotopic (exact) mass is 530 g/mol. The maximum absolute atomic E-state index is 13.3. The number of carbonyl (C=O) groups excluding carboxylic acids is 3. The average molecular weight is 531 g/mol. The van der Waals surface area contributed by atoms with Crippen molar-refractivity contribution in [2.45, 2.75) is 20.8 Å². The second kappa shape index (κ2) is 11.4. The van der Waals surface area contributed by atoms with E-state index in [-0.39, 0.29) is 18.1 Å². The summed E-state index contributed by atoms with van der Waals surface area (Å²) in [6.45, 7) is 5.55. The number of ether oxygens (including phenoxy) is 2. The van der Waals surface area contributed by atoms with E-state index >= 15 is 0 Å². The number of benzene rings is 3. The van der Waals surface area contributed by atoms with Gasteiger partial charge in [0.1, 0.15) is 11.3 Å². The number of hydrogen-bond donors (Lipinski definition) is 1. The molecular weight excluding hydrogens is 504 g/mol. The number of halogens is 1. The van der Waals surface area contributed by atoms with Gasteiger partial charge in [-0.1, -0.05) is 35.9 Å². The second-order valence-corrected chi connectivity index (χ2v) is 9.27. The SMILES string of the molecule is COC(=O)C1=C(C)N(c2ccc(C)c(C)c2)/C(=C\c2ccc(OCC(=O)Nc3cccc(Cl)c3)cc2)C1=O. The Bertz CT molecular complexity index is 1470. The molecule has 3 aromatic carbocycles. The predicted octanol–water partition coefficient (Wildman–Crippen LogP) is 5.85. The lowest BCUT2D eigenvalue weighted by Crippen LogP contribution is -2.20. The summed E-state index contributed by atoms with van der Waals surface area (Å²) in [7, 11) is 1.26. The third-order valence-electron chi connectivity index (χ3n) is 6.20. The third kappa shape index (κ3) is 5.79. The molecule has 0 fully saturated rings. The van der Waals surface area contributed by atoms with Crippen molar-refractivity contribution in [1.82, 2.24) is 0 Å². The maximum Gasteiger partial charge on any atom is 0.343 e. The Morgan fingerprint density at radius 3 is 2.37 bits per heavy atom. The van der Waals surface area contributed by atoms with Crippen LogP contribution in [0, 0.1) is 13.8 Å². The number of rotatable bonds is 7. The van der Waals surface area contributed by atoms with Crippen LogP contribution < -0.4 is 15.0 Å². The van der Waals surface area contributed by atoms with Gasteiger partial charge in [0, 0.05) is 22.1 Å². The van der Waals surface area contributed by atoms with Crippen molar-refractivity contribution in [2.24, 2.45) is 0 Å². The molecule has 0 saturated heterocycles. The second-order valence-electron chi connectivity index (χ2n) is 8.83. The highest BCUT2D eigenvalue weighted by Crippen LogP contribution is 2.36. The number of methoxy groups -OCH3 is 1. The maximum atomic E-state index is 13.3. The van der Waals surface area contributed by atoms with E-state index in [1.165, 1.54) is 7.11 Å². The summed E-state index contributed by atoms with van der Waals surface area (Å²) in [5, 5.41) is 3.25. The van der Waals surface area contributed by atoms with Crippen LogP contribution in [-0.4, -0.2) is 31.4 Å². The smallest absolute Gasteiger partial charge is 0.343 e. The normalized spacial score (nSPS) is 14.2. The summed E-state index contributed by atoms with van der Waals surface area (Å²) in [4.78, 5) is 39.7. The number of allylic oxidation sites excluding steroid dienone is 2. The van der Waals surface area contributed by atoms with Crippen LogP contribution in [0.1, 0.15) is 23.6 Å². The molecule has 8 heteroatoms. The first-order chi connectivity index (χ1) is 18.2. The first-order valence-corrected chi connectivity index (χ1v) is 12.3. The molecule has 194 valence electrons. The van der Waals surface area contributed by atoms with E-state index < -0.39 is 11.8 Å². The number of amides is 1. The van der Waals surface area contributed by atoms with Crippen LogP contribution in [0.15, 0.2) is 83.7 Å². The number of nitrogens with one attached hydrogen (secondary N) is 1. The standard InChI is InChI=1S/C30H27ClN2O5/c1-18-8-11-24(14-19(18)2)33-20(3)28(30(36)37-4)29(35)26(33)15-21-9-12-25(13-10-21)38-17-27(34)32-23-7-5-6-22(31)16-23/h5-16H,17H2,1-4H3,(H,32,34)/b26-15-. The molecule has 0 aliphatic carbocycles. The summed E-state index contributed by atoms with van der Waals surface area (Å²) in [5.41, 5.74) is 5.10. The highest BCUT2D eigenvalue weighted by atomic mass is 35.5. The zero-order chi connectivity index (χ0) is 27.4. The van der Waals surface area contributed by atoms with Crippen molar-refractivity contribution < 1.29 is 23.9 Å².